The van der Waals surface area contributed by atoms with Crippen LogP contribution in [0.1, 0.15) is 58.1 Å². The molecule has 0 saturated heterocycles. The maximum atomic E-state index is 11.5. The van der Waals surface area contributed by atoms with E-state index in [1.165, 1.54) is 23.1 Å². The lowest BCUT2D eigenvalue weighted by molar-refractivity contribution is -0.116. The normalized spacial score (nSPS) is 23.0. The third kappa shape index (κ3) is 3.04. The van der Waals surface area contributed by atoms with E-state index in [1.807, 2.05) is 0 Å². The highest BCUT2D eigenvalue weighted by Gasteiger charge is 2.33. The summed E-state index contributed by atoms with van der Waals surface area (Å²) in [6.45, 7) is 9.37. The van der Waals surface area contributed by atoms with Crippen molar-refractivity contribution >= 4 is 17.2 Å². The highest BCUT2D eigenvalue weighted by atomic mass is 16.1. The zero-order chi connectivity index (χ0) is 15.3. The molecule has 1 N–H and O–H groups in total. The van der Waals surface area contributed by atoms with E-state index < -0.39 is 0 Å². The first kappa shape index (κ1) is 14.4. The zero-order valence-electron chi connectivity index (χ0n) is 13.5. The topological polar surface area (TPSA) is 29.1 Å². The number of aryl methyl sites for hydroxylation is 1. The van der Waals surface area contributed by atoms with Gasteiger partial charge in [-0.3, -0.25) is 4.79 Å². The Hall–Kier alpha value is -1.57. The summed E-state index contributed by atoms with van der Waals surface area (Å²) in [6, 6.07) is 6.50. The van der Waals surface area contributed by atoms with Crippen LogP contribution in [0, 0.1) is 10.8 Å². The van der Waals surface area contributed by atoms with E-state index in [9.17, 15) is 4.79 Å². The van der Waals surface area contributed by atoms with Crippen LogP contribution in [-0.2, 0) is 11.2 Å². The molecule has 0 bridgehead atoms. The fourth-order valence-electron chi connectivity index (χ4n) is 4.15. The second-order valence-electron chi connectivity index (χ2n) is 8.10. The van der Waals surface area contributed by atoms with Gasteiger partial charge >= 0.3 is 0 Å². The van der Waals surface area contributed by atoms with Gasteiger partial charge in [-0.2, -0.15) is 0 Å². The van der Waals surface area contributed by atoms with Gasteiger partial charge < -0.3 is 5.32 Å². The van der Waals surface area contributed by atoms with E-state index >= 15 is 0 Å². The number of amides is 1. The molecular formula is C19H25NO. The summed E-state index contributed by atoms with van der Waals surface area (Å²) in [7, 11) is 0. The molecule has 1 aromatic carbocycles. The van der Waals surface area contributed by atoms with Gasteiger partial charge in [-0.15, -0.1) is 0 Å². The van der Waals surface area contributed by atoms with Gasteiger partial charge in [-0.25, -0.2) is 0 Å². The smallest absolute Gasteiger partial charge is 0.224 e. The maximum absolute atomic E-state index is 11.5. The molecule has 1 aromatic rings. The summed E-state index contributed by atoms with van der Waals surface area (Å²) in [5.74, 6) is 0.134. The summed E-state index contributed by atoms with van der Waals surface area (Å²) in [4.78, 5) is 11.5. The van der Waals surface area contributed by atoms with Crippen molar-refractivity contribution < 1.29 is 4.79 Å². The van der Waals surface area contributed by atoms with Crippen LogP contribution < -0.4 is 5.32 Å². The van der Waals surface area contributed by atoms with Crippen molar-refractivity contribution in [3.05, 3.63) is 35.4 Å². The zero-order valence-corrected chi connectivity index (χ0v) is 13.5. The van der Waals surface area contributed by atoms with Gasteiger partial charge in [0.15, 0.2) is 0 Å². The largest absolute Gasteiger partial charge is 0.326 e. The lowest BCUT2D eigenvalue weighted by Gasteiger charge is -2.39. The number of rotatable bonds is 1. The highest BCUT2D eigenvalue weighted by molar-refractivity contribution is 5.94. The van der Waals surface area contributed by atoms with Gasteiger partial charge in [0.05, 0.1) is 0 Å². The molecule has 0 aromatic heterocycles. The molecule has 0 fully saturated rings. The second-order valence-corrected chi connectivity index (χ2v) is 8.10. The molecule has 112 valence electrons. The Bertz CT molecular complexity index is 622. The highest BCUT2D eigenvalue weighted by Crippen LogP contribution is 2.47. The summed E-state index contributed by atoms with van der Waals surface area (Å²) < 4.78 is 0. The van der Waals surface area contributed by atoms with Crippen molar-refractivity contribution in [3.8, 4) is 0 Å². The van der Waals surface area contributed by atoms with Crippen LogP contribution in [0.15, 0.2) is 24.3 Å². The summed E-state index contributed by atoms with van der Waals surface area (Å²) in [5, 5.41) is 2.96. The average molecular weight is 283 g/mol. The van der Waals surface area contributed by atoms with Crippen LogP contribution in [0.5, 0.6) is 0 Å². The minimum Gasteiger partial charge on any atom is -0.326 e. The van der Waals surface area contributed by atoms with Crippen LogP contribution in [0.2, 0.25) is 0 Å². The number of nitrogens with one attached hydrogen (secondary N) is 1. The van der Waals surface area contributed by atoms with Gasteiger partial charge in [0.1, 0.15) is 0 Å². The molecular weight excluding hydrogens is 258 g/mol. The van der Waals surface area contributed by atoms with Crippen molar-refractivity contribution in [2.45, 2.75) is 53.4 Å². The van der Waals surface area contributed by atoms with Crippen molar-refractivity contribution in [1.29, 1.82) is 0 Å². The van der Waals surface area contributed by atoms with Crippen LogP contribution >= 0.6 is 0 Å². The number of carbonyl (C=O) groups is 1. The molecule has 1 heterocycles. The van der Waals surface area contributed by atoms with Crippen LogP contribution in [-0.4, -0.2) is 5.91 Å². The first-order valence-electron chi connectivity index (χ1n) is 7.89. The Morgan fingerprint density at radius 1 is 1.10 bits per heavy atom. The molecule has 1 amide bonds. The molecule has 0 spiro atoms. The van der Waals surface area contributed by atoms with E-state index in [2.05, 4.69) is 57.3 Å². The van der Waals surface area contributed by atoms with E-state index in [1.54, 1.807) is 0 Å². The lowest BCUT2D eigenvalue weighted by Crippen LogP contribution is -2.26. The average Bonchev–Trinajstić information content (AvgIpc) is 2.34. The monoisotopic (exact) mass is 283 g/mol. The van der Waals surface area contributed by atoms with Gasteiger partial charge in [0, 0.05) is 12.1 Å². The Morgan fingerprint density at radius 2 is 1.86 bits per heavy atom. The van der Waals surface area contributed by atoms with E-state index in [0.29, 0.717) is 11.8 Å². The Labute approximate surface area is 127 Å². The molecule has 0 saturated carbocycles. The SMILES string of the molecule is CC1(C)C=C(c2ccc3c(c2)CCC(=O)N3)CC(C)(C)C1. The number of hydrogen-bond donors (Lipinski definition) is 1. The molecule has 0 unspecified atom stereocenters. The molecule has 2 nitrogen and oxygen atoms in total. The number of allylic oxidation sites excluding steroid dienone is 2. The molecule has 2 aliphatic rings. The quantitative estimate of drug-likeness (QED) is 0.788. The number of hydrogen-bond acceptors (Lipinski definition) is 1. The summed E-state index contributed by atoms with van der Waals surface area (Å²) in [5.41, 5.74) is 5.64. The molecule has 1 aliphatic heterocycles. The first-order valence-corrected chi connectivity index (χ1v) is 7.89. The number of carbonyl (C=O) groups excluding carboxylic acids is 1. The van der Waals surface area contributed by atoms with Crippen LogP contribution in [0.4, 0.5) is 5.69 Å². The Morgan fingerprint density at radius 3 is 2.57 bits per heavy atom. The van der Waals surface area contributed by atoms with Crippen LogP contribution in [0.3, 0.4) is 0 Å². The van der Waals surface area contributed by atoms with Gasteiger partial charge in [-0.1, -0.05) is 39.8 Å². The minimum absolute atomic E-state index is 0.134. The Balaban J connectivity index is 1.97. The molecule has 1 aliphatic carbocycles. The molecule has 21 heavy (non-hydrogen) atoms. The van der Waals surface area contributed by atoms with Crippen molar-refractivity contribution in [2.75, 3.05) is 5.32 Å². The first-order chi connectivity index (χ1) is 9.74. The predicted molar refractivity (Wildman–Crippen MR) is 88.2 cm³/mol. The molecule has 0 atom stereocenters. The number of fused-ring (bicyclic) bond motifs is 1. The predicted octanol–water partition coefficient (Wildman–Crippen LogP) is 4.80. The van der Waals surface area contributed by atoms with Gasteiger partial charge in [0.25, 0.3) is 0 Å². The number of anilines is 1. The summed E-state index contributed by atoms with van der Waals surface area (Å²) >= 11 is 0. The molecule has 3 rings (SSSR count). The van der Waals surface area contributed by atoms with E-state index in [4.69, 9.17) is 0 Å². The third-order valence-electron chi connectivity index (χ3n) is 4.54. The van der Waals surface area contributed by atoms with Crippen molar-refractivity contribution in [2.24, 2.45) is 10.8 Å². The molecule has 0 radical (unpaired) electrons. The molecule has 2 heteroatoms. The van der Waals surface area contributed by atoms with Crippen molar-refractivity contribution in [3.63, 3.8) is 0 Å². The van der Waals surface area contributed by atoms with Crippen molar-refractivity contribution in [1.82, 2.24) is 0 Å². The van der Waals surface area contributed by atoms with Gasteiger partial charge in [0.2, 0.25) is 5.91 Å². The number of benzene rings is 1. The van der Waals surface area contributed by atoms with Crippen LogP contribution in [0.25, 0.3) is 5.57 Å². The van der Waals surface area contributed by atoms with E-state index in [0.717, 1.165) is 18.5 Å². The minimum atomic E-state index is 0.134. The van der Waals surface area contributed by atoms with Gasteiger partial charge in [-0.05, 0) is 58.9 Å². The third-order valence-corrected chi connectivity index (χ3v) is 4.54. The van der Waals surface area contributed by atoms with E-state index in [-0.39, 0.29) is 11.3 Å². The summed E-state index contributed by atoms with van der Waals surface area (Å²) in [6.07, 6.45) is 6.26. The fraction of sp³-hybridized carbons (Fsp3) is 0.526. The fourth-order valence-corrected chi connectivity index (χ4v) is 4.15. The standard InChI is InChI=1S/C19H25NO/c1-18(2)10-15(11-19(3,4)12-18)13-5-7-16-14(9-13)6-8-17(21)20-16/h5,7,9-10H,6,8,11-12H2,1-4H3,(H,20,21). The lowest BCUT2D eigenvalue weighted by atomic mass is 9.66. The second kappa shape index (κ2) is 4.72. The Kier molecular flexibility index (Phi) is 3.23. The maximum Gasteiger partial charge on any atom is 0.224 e.